The molecule has 3 N–H and O–H groups in total. The van der Waals surface area contributed by atoms with Crippen molar-refractivity contribution in [3.8, 4) is 5.75 Å². The standard InChI is InChI=1S/C21H35F2N5O2/c1-4-24-21(25-13-16(2)15-28-11-9-27(3)10-12-28)26-14-19(29)17-5-7-18(8-6-17)30-20(22)23/h5-8,16,19-20,29H,4,9-15H2,1-3H3,(H2,24,25,26). The van der Waals surface area contributed by atoms with Gasteiger partial charge in [0.1, 0.15) is 5.75 Å². The number of aliphatic imine (C=N–C) groups is 1. The zero-order valence-corrected chi connectivity index (χ0v) is 18.2. The van der Waals surface area contributed by atoms with E-state index in [0.29, 0.717) is 30.5 Å². The minimum Gasteiger partial charge on any atom is -0.435 e. The number of aliphatic hydroxyl groups is 1. The number of alkyl halides is 2. The van der Waals surface area contributed by atoms with Crippen molar-refractivity contribution >= 4 is 5.96 Å². The highest BCUT2D eigenvalue weighted by molar-refractivity contribution is 5.79. The molecule has 0 amide bonds. The third-order valence-electron chi connectivity index (χ3n) is 5.02. The van der Waals surface area contributed by atoms with Crippen LogP contribution in [0, 0.1) is 5.92 Å². The Kier molecular flexibility index (Phi) is 10.3. The molecule has 0 saturated carbocycles. The first kappa shape index (κ1) is 24.3. The van der Waals surface area contributed by atoms with Gasteiger partial charge in [-0.05, 0) is 37.6 Å². The molecule has 1 aromatic rings. The number of ether oxygens (including phenoxy) is 1. The summed E-state index contributed by atoms with van der Waals surface area (Å²) in [5.74, 6) is 1.15. The molecule has 170 valence electrons. The Morgan fingerprint density at radius 3 is 2.43 bits per heavy atom. The van der Waals surface area contributed by atoms with Gasteiger partial charge in [0, 0.05) is 52.4 Å². The van der Waals surface area contributed by atoms with Crippen LogP contribution < -0.4 is 15.4 Å². The predicted octanol–water partition coefficient (Wildman–Crippen LogP) is 1.76. The second-order valence-corrected chi connectivity index (χ2v) is 7.77. The first-order valence-corrected chi connectivity index (χ1v) is 10.5. The molecule has 0 spiro atoms. The van der Waals surface area contributed by atoms with E-state index >= 15 is 0 Å². The number of halogens is 2. The fraction of sp³-hybridized carbons (Fsp3) is 0.667. The molecule has 0 radical (unpaired) electrons. The van der Waals surface area contributed by atoms with Crippen LogP contribution >= 0.6 is 0 Å². The second kappa shape index (κ2) is 12.7. The van der Waals surface area contributed by atoms with Crippen molar-refractivity contribution < 1.29 is 18.6 Å². The van der Waals surface area contributed by atoms with Crippen molar-refractivity contribution in [3.05, 3.63) is 29.8 Å². The van der Waals surface area contributed by atoms with Crippen molar-refractivity contribution in [2.24, 2.45) is 10.9 Å². The van der Waals surface area contributed by atoms with Crippen LogP contribution in [-0.4, -0.2) is 86.9 Å². The summed E-state index contributed by atoms with van der Waals surface area (Å²) in [5.41, 5.74) is 0.614. The molecule has 30 heavy (non-hydrogen) atoms. The number of likely N-dealkylation sites (N-methyl/N-ethyl adjacent to an activating group) is 1. The van der Waals surface area contributed by atoms with Gasteiger partial charge in [-0.2, -0.15) is 8.78 Å². The first-order valence-electron chi connectivity index (χ1n) is 10.5. The SMILES string of the molecule is CCNC(=NCC(C)CN1CCN(C)CC1)NCC(O)c1ccc(OC(F)F)cc1. The monoisotopic (exact) mass is 427 g/mol. The Labute approximate surface area is 178 Å². The number of hydrogen-bond donors (Lipinski definition) is 3. The smallest absolute Gasteiger partial charge is 0.387 e. The molecule has 2 rings (SSSR count). The van der Waals surface area contributed by atoms with Crippen LogP contribution in [-0.2, 0) is 0 Å². The summed E-state index contributed by atoms with van der Waals surface area (Å²) >= 11 is 0. The summed E-state index contributed by atoms with van der Waals surface area (Å²) in [5, 5.41) is 16.7. The highest BCUT2D eigenvalue weighted by Gasteiger charge is 2.16. The van der Waals surface area contributed by atoms with E-state index in [-0.39, 0.29) is 12.3 Å². The first-order chi connectivity index (χ1) is 14.4. The molecular weight excluding hydrogens is 392 g/mol. The zero-order chi connectivity index (χ0) is 21.9. The molecule has 0 aromatic heterocycles. The van der Waals surface area contributed by atoms with E-state index in [1.165, 1.54) is 12.1 Å². The van der Waals surface area contributed by atoms with Gasteiger partial charge in [0.15, 0.2) is 5.96 Å². The lowest BCUT2D eigenvalue weighted by Crippen LogP contribution is -2.46. The van der Waals surface area contributed by atoms with Crippen molar-refractivity contribution in [2.45, 2.75) is 26.6 Å². The minimum absolute atomic E-state index is 0.0677. The van der Waals surface area contributed by atoms with Gasteiger partial charge in [0.2, 0.25) is 0 Å². The lowest BCUT2D eigenvalue weighted by Gasteiger charge is -2.33. The maximum Gasteiger partial charge on any atom is 0.387 e. The topological polar surface area (TPSA) is 72.4 Å². The van der Waals surface area contributed by atoms with Crippen molar-refractivity contribution in [2.75, 3.05) is 59.4 Å². The van der Waals surface area contributed by atoms with Crippen LogP contribution in [0.5, 0.6) is 5.75 Å². The molecular formula is C21H35F2N5O2. The summed E-state index contributed by atoms with van der Waals surface area (Å²) < 4.78 is 28.8. The van der Waals surface area contributed by atoms with Gasteiger partial charge in [0.05, 0.1) is 6.10 Å². The van der Waals surface area contributed by atoms with Crippen molar-refractivity contribution in [1.82, 2.24) is 20.4 Å². The Hall–Kier alpha value is -1.97. The Balaban J connectivity index is 1.80. The third kappa shape index (κ3) is 8.81. The minimum atomic E-state index is -2.86. The highest BCUT2D eigenvalue weighted by atomic mass is 19.3. The summed E-state index contributed by atoms with van der Waals surface area (Å²) in [6.07, 6.45) is -0.794. The summed E-state index contributed by atoms with van der Waals surface area (Å²) in [6, 6.07) is 5.99. The average molecular weight is 428 g/mol. The van der Waals surface area contributed by atoms with Gasteiger partial charge < -0.3 is 30.3 Å². The molecule has 1 aromatic carbocycles. The van der Waals surface area contributed by atoms with Gasteiger partial charge in [-0.1, -0.05) is 19.1 Å². The van der Waals surface area contributed by atoms with E-state index < -0.39 is 12.7 Å². The maximum atomic E-state index is 12.2. The fourth-order valence-electron chi connectivity index (χ4n) is 3.30. The lowest BCUT2D eigenvalue weighted by atomic mass is 10.1. The van der Waals surface area contributed by atoms with Gasteiger partial charge in [-0.25, -0.2) is 0 Å². The Morgan fingerprint density at radius 1 is 1.17 bits per heavy atom. The summed E-state index contributed by atoms with van der Waals surface area (Å²) in [4.78, 5) is 9.47. The molecule has 2 unspecified atom stereocenters. The second-order valence-electron chi connectivity index (χ2n) is 7.77. The number of nitrogens with zero attached hydrogens (tertiary/aromatic N) is 3. The van der Waals surface area contributed by atoms with Gasteiger partial charge >= 0.3 is 6.61 Å². The van der Waals surface area contributed by atoms with Crippen LogP contribution in [0.4, 0.5) is 8.78 Å². The van der Waals surface area contributed by atoms with E-state index in [1.54, 1.807) is 12.1 Å². The molecule has 1 heterocycles. The fourth-order valence-corrected chi connectivity index (χ4v) is 3.30. The van der Waals surface area contributed by atoms with E-state index in [9.17, 15) is 13.9 Å². The Bertz CT molecular complexity index is 637. The molecule has 2 atom stereocenters. The summed E-state index contributed by atoms with van der Waals surface area (Å²) in [6.45, 7) is 8.41. The number of nitrogens with one attached hydrogen (secondary N) is 2. The third-order valence-corrected chi connectivity index (χ3v) is 5.02. The molecule has 7 nitrogen and oxygen atoms in total. The number of hydrogen-bond acceptors (Lipinski definition) is 5. The van der Waals surface area contributed by atoms with Crippen molar-refractivity contribution in [3.63, 3.8) is 0 Å². The largest absolute Gasteiger partial charge is 0.435 e. The molecule has 0 bridgehead atoms. The summed E-state index contributed by atoms with van der Waals surface area (Å²) in [7, 11) is 2.15. The van der Waals surface area contributed by atoms with Crippen LogP contribution in [0.2, 0.25) is 0 Å². The van der Waals surface area contributed by atoms with Crippen LogP contribution in [0.3, 0.4) is 0 Å². The Morgan fingerprint density at radius 2 is 1.83 bits per heavy atom. The number of aliphatic hydroxyl groups excluding tert-OH is 1. The van der Waals surface area contributed by atoms with E-state index in [2.05, 4.69) is 44.1 Å². The average Bonchev–Trinajstić information content (AvgIpc) is 2.71. The van der Waals surface area contributed by atoms with Gasteiger partial charge in [-0.3, -0.25) is 4.99 Å². The molecule has 9 heteroatoms. The highest BCUT2D eigenvalue weighted by Crippen LogP contribution is 2.19. The van der Waals surface area contributed by atoms with E-state index in [4.69, 9.17) is 0 Å². The zero-order valence-electron chi connectivity index (χ0n) is 18.2. The van der Waals surface area contributed by atoms with Gasteiger partial charge in [-0.15, -0.1) is 0 Å². The molecule has 1 fully saturated rings. The van der Waals surface area contributed by atoms with Crippen molar-refractivity contribution in [1.29, 1.82) is 0 Å². The predicted molar refractivity (Wildman–Crippen MR) is 115 cm³/mol. The van der Waals surface area contributed by atoms with Crippen LogP contribution in [0.15, 0.2) is 29.3 Å². The van der Waals surface area contributed by atoms with Crippen LogP contribution in [0.1, 0.15) is 25.5 Å². The molecule has 1 aliphatic heterocycles. The quantitative estimate of drug-likeness (QED) is 0.390. The normalized spacial score (nSPS) is 18.3. The molecule has 0 aliphatic carbocycles. The van der Waals surface area contributed by atoms with E-state index in [1.807, 2.05) is 6.92 Å². The molecule has 1 saturated heterocycles. The van der Waals surface area contributed by atoms with E-state index in [0.717, 1.165) is 32.7 Å². The maximum absolute atomic E-state index is 12.2. The number of piperazine rings is 1. The molecule has 1 aliphatic rings. The number of benzene rings is 1. The number of rotatable bonds is 10. The van der Waals surface area contributed by atoms with Gasteiger partial charge in [0.25, 0.3) is 0 Å². The number of guanidine groups is 1. The lowest BCUT2D eigenvalue weighted by molar-refractivity contribution is -0.0498. The van der Waals surface area contributed by atoms with Crippen LogP contribution in [0.25, 0.3) is 0 Å².